The summed E-state index contributed by atoms with van der Waals surface area (Å²) in [5.41, 5.74) is 1.45. The van der Waals surface area contributed by atoms with Crippen LogP contribution in [0.1, 0.15) is 5.56 Å². The van der Waals surface area contributed by atoms with Gasteiger partial charge >= 0.3 is 0 Å². The van der Waals surface area contributed by atoms with Gasteiger partial charge in [0.1, 0.15) is 5.75 Å². The first kappa shape index (κ1) is 16.4. The van der Waals surface area contributed by atoms with E-state index in [0.717, 1.165) is 5.56 Å². The molecule has 0 bridgehead atoms. The summed E-state index contributed by atoms with van der Waals surface area (Å²) in [7, 11) is 4.60. The summed E-state index contributed by atoms with van der Waals surface area (Å²) in [5.74, 6) is 1.27. The van der Waals surface area contributed by atoms with E-state index in [1.54, 1.807) is 18.2 Å². The van der Waals surface area contributed by atoms with Crippen LogP contribution in [-0.2, 0) is 4.79 Å². The number of benzene rings is 2. The number of hydrogen-bond donors (Lipinski definition) is 1. The predicted octanol–water partition coefficient (Wildman–Crippen LogP) is 3.36. The summed E-state index contributed by atoms with van der Waals surface area (Å²) < 4.78 is 15.7. The minimum Gasteiger partial charge on any atom is -0.494 e. The van der Waals surface area contributed by atoms with Crippen molar-refractivity contribution in [2.24, 2.45) is 0 Å². The van der Waals surface area contributed by atoms with Gasteiger partial charge in [-0.25, -0.2) is 0 Å². The molecule has 0 aromatic heterocycles. The Morgan fingerprint density at radius 2 is 1.52 bits per heavy atom. The second-order valence-electron chi connectivity index (χ2n) is 4.64. The third-order valence-corrected chi connectivity index (χ3v) is 3.19. The third-order valence-electron chi connectivity index (χ3n) is 3.19. The Morgan fingerprint density at radius 1 is 0.913 bits per heavy atom. The molecule has 0 aliphatic heterocycles. The van der Waals surface area contributed by atoms with Crippen molar-refractivity contribution in [2.75, 3.05) is 26.6 Å². The van der Waals surface area contributed by atoms with Gasteiger partial charge in [0.15, 0.2) is 11.5 Å². The zero-order valence-corrected chi connectivity index (χ0v) is 13.3. The highest BCUT2D eigenvalue weighted by Gasteiger charge is 2.13. The second kappa shape index (κ2) is 7.89. The Labute approximate surface area is 135 Å². The van der Waals surface area contributed by atoms with Crippen molar-refractivity contribution in [3.63, 3.8) is 0 Å². The van der Waals surface area contributed by atoms with Crippen LogP contribution in [0.4, 0.5) is 5.69 Å². The van der Waals surface area contributed by atoms with Crippen molar-refractivity contribution >= 4 is 17.7 Å². The summed E-state index contributed by atoms with van der Waals surface area (Å²) >= 11 is 0. The van der Waals surface area contributed by atoms with Gasteiger partial charge in [-0.2, -0.15) is 0 Å². The van der Waals surface area contributed by atoms with Crippen LogP contribution >= 0.6 is 0 Å². The van der Waals surface area contributed by atoms with Gasteiger partial charge in [-0.05, 0) is 11.6 Å². The van der Waals surface area contributed by atoms with Gasteiger partial charge in [0.2, 0.25) is 5.91 Å². The number of methoxy groups -OCH3 is 3. The van der Waals surface area contributed by atoms with E-state index >= 15 is 0 Å². The third kappa shape index (κ3) is 4.26. The van der Waals surface area contributed by atoms with Crippen LogP contribution in [-0.4, -0.2) is 27.2 Å². The van der Waals surface area contributed by atoms with E-state index in [9.17, 15) is 4.79 Å². The average molecular weight is 313 g/mol. The number of hydrogen-bond acceptors (Lipinski definition) is 4. The number of nitrogens with one attached hydrogen (secondary N) is 1. The average Bonchev–Trinajstić information content (AvgIpc) is 2.60. The van der Waals surface area contributed by atoms with E-state index in [1.807, 2.05) is 30.3 Å². The van der Waals surface area contributed by atoms with Crippen LogP contribution in [0.25, 0.3) is 6.08 Å². The van der Waals surface area contributed by atoms with Crippen LogP contribution in [0.3, 0.4) is 0 Å². The summed E-state index contributed by atoms with van der Waals surface area (Å²) in [6, 6.07) is 12.9. The van der Waals surface area contributed by atoms with Crippen molar-refractivity contribution in [1.82, 2.24) is 0 Å². The van der Waals surface area contributed by atoms with Crippen molar-refractivity contribution in [2.45, 2.75) is 0 Å². The lowest BCUT2D eigenvalue weighted by atomic mass is 10.2. The maximum Gasteiger partial charge on any atom is 0.248 e. The minimum absolute atomic E-state index is 0.264. The number of rotatable bonds is 6. The van der Waals surface area contributed by atoms with E-state index < -0.39 is 0 Å². The number of amides is 1. The molecular formula is C18H19NO4. The lowest BCUT2D eigenvalue weighted by Gasteiger charge is -2.14. The first-order valence-corrected chi connectivity index (χ1v) is 7.02. The number of carbonyl (C=O) groups is 1. The molecule has 0 spiro atoms. The molecule has 1 N–H and O–H groups in total. The van der Waals surface area contributed by atoms with E-state index in [4.69, 9.17) is 14.2 Å². The molecule has 0 radical (unpaired) electrons. The van der Waals surface area contributed by atoms with Crippen molar-refractivity contribution in [3.05, 3.63) is 54.1 Å². The fraction of sp³-hybridized carbons (Fsp3) is 0.167. The molecule has 0 saturated carbocycles. The van der Waals surface area contributed by atoms with Gasteiger partial charge in [0.25, 0.3) is 0 Å². The quantitative estimate of drug-likeness (QED) is 0.831. The van der Waals surface area contributed by atoms with Crippen LogP contribution in [0.2, 0.25) is 0 Å². The molecule has 0 heterocycles. The maximum atomic E-state index is 12.1. The molecule has 0 atom stereocenters. The Morgan fingerprint density at radius 3 is 2.13 bits per heavy atom. The van der Waals surface area contributed by atoms with Gasteiger partial charge in [-0.3, -0.25) is 4.79 Å². The van der Waals surface area contributed by atoms with Gasteiger partial charge in [0.05, 0.1) is 27.0 Å². The minimum atomic E-state index is -0.264. The molecule has 2 rings (SSSR count). The first-order valence-electron chi connectivity index (χ1n) is 7.02. The number of ether oxygens (including phenoxy) is 3. The highest BCUT2D eigenvalue weighted by molar-refractivity contribution is 6.03. The molecule has 5 nitrogen and oxygen atoms in total. The predicted molar refractivity (Wildman–Crippen MR) is 90.2 cm³/mol. The summed E-state index contributed by atoms with van der Waals surface area (Å²) in [6.45, 7) is 0. The summed E-state index contributed by atoms with van der Waals surface area (Å²) in [6.07, 6.45) is 3.20. The van der Waals surface area contributed by atoms with E-state index in [2.05, 4.69) is 5.32 Å². The molecule has 2 aromatic rings. The molecule has 0 saturated heterocycles. The molecule has 2 aromatic carbocycles. The van der Waals surface area contributed by atoms with E-state index in [1.165, 1.54) is 27.4 Å². The Bertz CT molecular complexity index is 696. The number of anilines is 1. The normalized spacial score (nSPS) is 10.4. The molecule has 120 valence electrons. The fourth-order valence-electron chi connectivity index (χ4n) is 2.04. The molecule has 5 heteroatoms. The highest BCUT2D eigenvalue weighted by atomic mass is 16.5. The van der Waals surface area contributed by atoms with Crippen LogP contribution < -0.4 is 19.5 Å². The molecule has 23 heavy (non-hydrogen) atoms. The molecule has 0 aliphatic rings. The monoisotopic (exact) mass is 313 g/mol. The maximum absolute atomic E-state index is 12.1. The molecule has 0 fully saturated rings. The first-order chi connectivity index (χ1) is 11.2. The standard InChI is InChI=1S/C18H19NO4/c1-21-15-12-17(23-3)16(22-2)11-14(15)19-18(20)10-9-13-7-5-4-6-8-13/h4-12H,1-3H3,(H,19,20)/b10-9+. The van der Waals surface area contributed by atoms with Crippen LogP contribution in [0.5, 0.6) is 17.2 Å². The van der Waals surface area contributed by atoms with Crippen molar-refractivity contribution in [1.29, 1.82) is 0 Å². The highest BCUT2D eigenvalue weighted by Crippen LogP contribution is 2.37. The molecule has 1 amide bonds. The van der Waals surface area contributed by atoms with E-state index in [-0.39, 0.29) is 5.91 Å². The zero-order chi connectivity index (χ0) is 16.7. The van der Waals surface area contributed by atoms with Crippen molar-refractivity contribution < 1.29 is 19.0 Å². The van der Waals surface area contributed by atoms with Gasteiger partial charge in [0, 0.05) is 18.2 Å². The zero-order valence-electron chi connectivity index (χ0n) is 13.3. The largest absolute Gasteiger partial charge is 0.494 e. The summed E-state index contributed by atoms with van der Waals surface area (Å²) in [5, 5.41) is 2.77. The van der Waals surface area contributed by atoms with E-state index in [0.29, 0.717) is 22.9 Å². The smallest absolute Gasteiger partial charge is 0.248 e. The number of carbonyl (C=O) groups excluding carboxylic acids is 1. The van der Waals surface area contributed by atoms with Crippen molar-refractivity contribution in [3.8, 4) is 17.2 Å². The van der Waals surface area contributed by atoms with Gasteiger partial charge < -0.3 is 19.5 Å². The lowest BCUT2D eigenvalue weighted by molar-refractivity contribution is -0.111. The SMILES string of the molecule is COc1cc(OC)c(OC)cc1NC(=O)/C=C/c1ccccc1. The molecule has 0 aliphatic carbocycles. The molecular weight excluding hydrogens is 294 g/mol. The Hall–Kier alpha value is -2.95. The topological polar surface area (TPSA) is 56.8 Å². The molecule has 0 unspecified atom stereocenters. The Balaban J connectivity index is 2.18. The lowest BCUT2D eigenvalue weighted by Crippen LogP contribution is -2.09. The fourth-order valence-corrected chi connectivity index (χ4v) is 2.04. The van der Waals surface area contributed by atoms with Crippen LogP contribution in [0, 0.1) is 0 Å². The Kier molecular flexibility index (Phi) is 5.63. The second-order valence-corrected chi connectivity index (χ2v) is 4.64. The van der Waals surface area contributed by atoms with Gasteiger partial charge in [-0.15, -0.1) is 0 Å². The van der Waals surface area contributed by atoms with Crippen LogP contribution in [0.15, 0.2) is 48.5 Å². The summed E-state index contributed by atoms with van der Waals surface area (Å²) in [4.78, 5) is 12.1. The van der Waals surface area contributed by atoms with Gasteiger partial charge in [-0.1, -0.05) is 30.3 Å².